The van der Waals surface area contributed by atoms with Crippen LogP contribution in [0.15, 0.2) is 9.72 Å². The maximum atomic E-state index is 12.2. The smallest absolute Gasteiger partial charge is 0.355 e. The van der Waals surface area contributed by atoms with Crippen LogP contribution in [-0.2, 0) is 4.79 Å². The van der Waals surface area contributed by atoms with Crippen LogP contribution in [0.1, 0.15) is 29.8 Å². The normalized spacial score (nSPS) is 17.7. The van der Waals surface area contributed by atoms with Crippen molar-refractivity contribution in [1.29, 1.82) is 0 Å². The number of rotatable bonds is 11. The van der Waals surface area contributed by atoms with E-state index in [2.05, 4.69) is 35.9 Å². The molecule has 1 saturated heterocycles. The van der Waals surface area contributed by atoms with Crippen molar-refractivity contribution in [2.45, 2.75) is 29.6 Å². The fraction of sp³-hybridized carbons (Fsp3) is 0.706. The van der Waals surface area contributed by atoms with E-state index < -0.39 is 5.97 Å². The number of carboxylic acid groups (broad SMARTS) is 1. The third-order valence-corrected chi connectivity index (χ3v) is 6.38. The number of carboxylic acids is 1. The van der Waals surface area contributed by atoms with Gasteiger partial charge in [-0.25, -0.2) is 9.78 Å². The van der Waals surface area contributed by atoms with Crippen LogP contribution in [0.5, 0.6) is 0 Å². The second kappa shape index (κ2) is 10.2. The van der Waals surface area contributed by atoms with Gasteiger partial charge in [-0.05, 0) is 47.1 Å². The molecule has 0 saturated carbocycles. The molecule has 9 heteroatoms. The van der Waals surface area contributed by atoms with Crippen molar-refractivity contribution >= 4 is 35.0 Å². The summed E-state index contributed by atoms with van der Waals surface area (Å²) >= 11 is 2.86. The number of carbonyl (C=O) groups excluding carboxylic acids is 1. The van der Waals surface area contributed by atoms with Crippen LogP contribution in [0, 0.1) is 0 Å². The van der Waals surface area contributed by atoms with E-state index in [9.17, 15) is 9.59 Å². The van der Waals surface area contributed by atoms with Crippen molar-refractivity contribution < 1.29 is 14.7 Å². The molecule has 1 aliphatic rings. The Morgan fingerprint density at radius 3 is 2.85 bits per heavy atom. The Morgan fingerprint density at radius 2 is 2.19 bits per heavy atom. The summed E-state index contributed by atoms with van der Waals surface area (Å²) in [5.41, 5.74) is 0.0898. The van der Waals surface area contributed by atoms with Gasteiger partial charge in [0.05, 0.1) is 0 Å². The fourth-order valence-electron chi connectivity index (χ4n) is 3.05. The Bertz CT molecular complexity index is 609. The number of carbonyl (C=O) groups is 2. The number of hydrogen-bond acceptors (Lipinski definition) is 7. The first-order valence-electron chi connectivity index (χ1n) is 8.81. The van der Waals surface area contributed by atoms with Crippen molar-refractivity contribution in [2.24, 2.45) is 0 Å². The lowest BCUT2D eigenvalue weighted by Crippen LogP contribution is -2.42. The van der Waals surface area contributed by atoms with E-state index in [4.69, 9.17) is 5.11 Å². The van der Waals surface area contributed by atoms with E-state index >= 15 is 0 Å². The lowest BCUT2D eigenvalue weighted by molar-refractivity contribution is -0.128. The molecule has 1 aromatic rings. The second-order valence-corrected chi connectivity index (χ2v) is 9.05. The molecule has 0 spiro atoms. The van der Waals surface area contributed by atoms with E-state index in [0.29, 0.717) is 13.0 Å². The highest BCUT2D eigenvalue weighted by atomic mass is 32.2. The van der Waals surface area contributed by atoms with Crippen LogP contribution >= 0.6 is 23.1 Å². The Morgan fingerprint density at radius 1 is 1.42 bits per heavy atom. The number of nitrogens with zero attached hydrogens (tertiary/aromatic N) is 4. The zero-order valence-electron chi connectivity index (χ0n) is 15.7. The number of aromatic nitrogens is 1. The predicted octanol–water partition coefficient (Wildman–Crippen LogP) is 1.81. The van der Waals surface area contributed by atoms with E-state index in [1.165, 1.54) is 23.1 Å². The van der Waals surface area contributed by atoms with Gasteiger partial charge in [0.25, 0.3) is 0 Å². The van der Waals surface area contributed by atoms with E-state index in [-0.39, 0.29) is 17.6 Å². The number of aromatic carboxylic acids is 1. The van der Waals surface area contributed by atoms with Crippen LogP contribution in [-0.4, -0.2) is 95.8 Å². The number of thiazole rings is 1. The Hall–Kier alpha value is -1.16. The van der Waals surface area contributed by atoms with Gasteiger partial charge in [0, 0.05) is 36.7 Å². The molecule has 0 bridgehead atoms. The monoisotopic (exact) mass is 400 g/mol. The standard InChI is InChI=1S/C17H28N4O3S2/c1-19(2)7-4-8-20(3)11-13-5-6-15(22)21(13)9-10-25-17-18-14(12-26-17)16(23)24/h12-13H,4-11H2,1-3H3,(H,23,24)/t13-/m1/s1. The van der Waals surface area contributed by atoms with Gasteiger partial charge in [-0.3, -0.25) is 4.79 Å². The van der Waals surface area contributed by atoms with Crippen molar-refractivity contribution in [1.82, 2.24) is 19.7 Å². The van der Waals surface area contributed by atoms with Crippen molar-refractivity contribution in [3.05, 3.63) is 11.1 Å². The molecule has 1 atom stereocenters. The molecule has 26 heavy (non-hydrogen) atoms. The van der Waals surface area contributed by atoms with E-state index in [1.54, 1.807) is 5.38 Å². The summed E-state index contributed by atoms with van der Waals surface area (Å²) in [6.45, 7) is 3.69. The fourth-order valence-corrected chi connectivity index (χ4v) is 4.86. The molecular weight excluding hydrogens is 372 g/mol. The molecule has 0 unspecified atom stereocenters. The molecule has 0 aliphatic carbocycles. The molecule has 1 amide bonds. The summed E-state index contributed by atoms with van der Waals surface area (Å²) in [6, 6.07) is 0.276. The molecule has 1 fully saturated rings. The van der Waals surface area contributed by atoms with Crippen LogP contribution < -0.4 is 0 Å². The minimum Gasteiger partial charge on any atom is -0.476 e. The Balaban J connectivity index is 1.76. The average Bonchev–Trinajstić information content (AvgIpc) is 3.16. The summed E-state index contributed by atoms with van der Waals surface area (Å²) in [7, 11) is 6.28. The van der Waals surface area contributed by atoms with Gasteiger partial charge in [-0.2, -0.15) is 0 Å². The minimum atomic E-state index is -1.000. The molecule has 0 aromatic carbocycles. The lowest BCUT2D eigenvalue weighted by Gasteiger charge is -2.29. The summed E-state index contributed by atoms with van der Waals surface area (Å²) in [5, 5.41) is 10.5. The largest absolute Gasteiger partial charge is 0.476 e. The summed E-state index contributed by atoms with van der Waals surface area (Å²) < 4.78 is 0.742. The molecule has 1 aliphatic heterocycles. The second-order valence-electron chi connectivity index (χ2n) is 6.85. The summed E-state index contributed by atoms with van der Waals surface area (Å²) in [6.07, 6.45) is 2.67. The zero-order chi connectivity index (χ0) is 19.1. The zero-order valence-corrected chi connectivity index (χ0v) is 17.3. The number of likely N-dealkylation sites (N-methyl/N-ethyl adjacent to an activating group) is 1. The third kappa shape index (κ3) is 6.53. The predicted molar refractivity (Wildman–Crippen MR) is 105 cm³/mol. The average molecular weight is 401 g/mol. The van der Waals surface area contributed by atoms with Crippen LogP contribution in [0.4, 0.5) is 0 Å². The molecule has 146 valence electrons. The highest BCUT2D eigenvalue weighted by Gasteiger charge is 2.31. The van der Waals surface area contributed by atoms with Gasteiger partial charge in [0.2, 0.25) is 5.91 Å². The van der Waals surface area contributed by atoms with Gasteiger partial charge in [0.1, 0.15) is 0 Å². The molecule has 1 aromatic heterocycles. The number of hydrogen-bond donors (Lipinski definition) is 1. The SMILES string of the molecule is CN(C)CCCN(C)C[C@H]1CCC(=O)N1CCSc1nc(C(=O)O)cs1. The first-order valence-corrected chi connectivity index (χ1v) is 10.7. The van der Waals surface area contributed by atoms with Crippen LogP contribution in [0.3, 0.4) is 0 Å². The Labute approximate surface area is 163 Å². The number of thioether (sulfide) groups is 1. The quantitative estimate of drug-likeness (QED) is 0.568. The maximum absolute atomic E-state index is 12.2. The van der Waals surface area contributed by atoms with Gasteiger partial charge in [-0.15, -0.1) is 11.3 Å². The van der Waals surface area contributed by atoms with Gasteiger partial charge in [-0.1, -0.05) is 11.8 Å². The first kappa shape index (κ1) is 21.1. The highest BCUT2D eigenvalue weighted by molar-refractivity contribution is 8.01. The maximum Gasteiger partial charge on any atom is 0.355 e. The molecule has 2 rings (SSSR count). The molecule has 1 N–H and O–H groups in total. The summed E-state index contributed by atoms with van der Waals surface area (Å²) in [4.78, 5) is 33.6. The highest BCUT2D eigenvalue weighted by Crippen LogP contribution is 2.25. The summed E-state index contributed by atoms with van der Waals surface area (Å²) in [5.74, 6) is -0.0399. The lowest BCUT2D eigenvalue weighted by atomic mass is 10.2. The van der Waals surface area contributed by atoms with Gasteiger partial charge < -0.3 is 19.8 Å². The van der Waals surface area contributed by atoms with Crippen molar-refractivity contribution in [3.8, 4) is 0 Å². The van der Waals surface area contributed by atoms with Gasteiger partial charge >= 0.3 is 5.97 Å². The van der Waals surface area contributed by atoms with Crippen LogP contribution in [0.25, 0.3) is 0 Å². The van der Waals surface area contributed by atoms with Gasteiger partial charge in [0.15, 0.2) is 10.0 Å². The van der Waals surface area contributed by atoms with E-state index in [1.807, 2.05) is 4.90 Å². The first-order chi connectivity index (χ1) is 12.4. The molecule has 2 heterocycles. The third-order valence-electron chi connectivity index (χ3n) is 4.38. The minimum absolute atomic E-state index is 0.0898. The molecular formula is C17H28N4O3S2. The van der Waals surface area contributed by atoms with Crippen molar-refractivity contribution in [2.75, 3.05) is 53.1 Å². The van der Waals surface area contributed by atoms with E-state index in [0.717, 1.165) is 42.6 Å². The topological polar surface area (TPSA) is 77.0 Å². The molecule has 0 radical (unpaired) electrons. The van der Waals surface area contributed by atoms with Crippen molar-refractivity contribution in [3.63, 3.8) is 0 Å². The molecule has 7 nitrogen and oxygen atoms in total. The van der Waals surface area contributed by atoms with Crippen LogP contribution in [0.2, 0.25) is 0 Å². The number of amides is 1. The Kier molecular flexibility index (Phi) is 8.33. The number of likely N-dealkylation sites (tertiary alicyclic amines) is 1.